The Morgan fingerprint density at radius 3 is 2.52 bits per heavy atom. The van der Waals surface area contributed by atoms with Crippen molar-refractivity contribution in [2.45, 2.75) is 6.42 Å². The number of benzene rings is 2. The van der Waals surface area contributed by atoms with Crippen molar-refractivity contribution in [3.05, 3.63) is 66.5 Å². The summed E-state index contributed by atoms with van der Waals surface area (Å²) in [5.74, 6) is 0.724. The van der Waals surface area contributed by atoms with Gasteiger partial charge in [-0.25, -0.2) is 9.97 Å². The molecule has 2 aromatic carbocycles. The standard InChI is InChI=1S/C18H13N3O2/c22-17-9-13-8-12(6-7-16(13)21-17)14-10-19-18(20-11-14)23-15-4-2-1-3-5-15/h1-8,10-11H,9H2,(H,21,22). The van der Waals surface area contributed by atoms with Gasteiger partial charge in [0.15, 0.2) is 0 Å². The van der Waals surface area contributed by atoms with Gasteiger partial charge in [-0.15, -0.1) is 0 Å². The number of nitrogens with zero attached hydrogens (tertiary/aromatic N) is 2. The third-order valence-corrected chi connectivity index (χ3v) is 3.64. The fourth-order valence-corrected chi connectivity index (χ4v) is 2.52. The number of nitrogens with one attached hydrogen (secondary N) is 1. The van der Waals surface area contributed by atoms with Gasteiger partial charge in [0, 0.05) is 23.6 Å². The van der Waals surface area contributed by atoms with Gasteiger partial charge >= 0.3 is 6.01 Å². The minimum Gasteiger partial charge on any atom is -0.424 e. The van der Waals surface area contributed by atoms with Crippen molar-refractivity contribution >= 4 is 11.6 Å². The Morgan fingerprint density at radius 2 is 1.74 bits per heavy atom. The first kappa shape index (κ1) is 13.5. The van der Waals surface area contributed by atoms with E-state index in [4.69, 9.17) is 4.74 Å². The predicted octanol–water partition coefficient (Wildman–Crippen LogP) is 3.43. The minimum absolute atomic E-state index is 0.0278. The van der Waals surface area contributed by atoms with Crippen LogP contribution in [0.5, 0.6) is 11.8 Å². The second kappa shape index (κ2) is 5.53. The predicted molar refractivity (Wildman–Crippen MR) is 86.3 cm³/mol. The van der Waals surface area contributed by atoms with Gasteiger partial charge in [-0.05, 0) is 35.4 Å². The Labute approximate surface area is 133 Å². The van der Waals surface area contributed by atoms with E-state index in [1.807, 2.05) is 48.5 Å². The monoisotopic (exact) mass is 303 g/mol. The van der Waals surface area contributed by atoms with Crippen LogP contribution in [0, 0.1) is 0 Å². The molecule has 0 aliphatic carbocycles. The maximum Gasteiger partial charge on any atom is 0.321 e. The van der Waals surface area contributed by atoms with Crippen molar-refractivity contribution in [1.29, 1.82) is 0 Å². The molecule has 0 saturated heterocycles. The summed E-state index contributed by atoms with van der Waals surface area (Å²) >= 11 is 0. The second-order valence-corrected chi connectivity index (χ2v) is 5.27. The van der Waals surface area contributed by atoms with Crippen LogP contribution in [0.25, 0.3) is 11.1 Å². The molecule has 112 valence electrons. The summed E-state index contributed by atoms with van der Waals surface area (Å²) in [5, 5.41) is 2.82. The van der Waals surface area contributed by atoms with E-state index in [0.717, 1.165) is 22.4 Å². The van der Waals surface area contributed by atoms with E-state index in [-0.39, 0.29) is 5.91 Å². The zero-order valence-corrected chi connectivity index (χ0v) is 12.2. The molecular formula is C18H13N3O2. The van der Waals surface area contributed by atoms with Gasteiger partial charge in [0.05, 0.1) is 6.42 Å². The molecule has 0 unspecified atom stereocenters. The molecule has 5 nitrogen and oxygen atoms in total. The van der Waals surface area contributed by atoms with E-state index < -0.39 is 0 Å². The lowest BCUT2D eigenvalue weighted by molar-refractivity contribution is -0.115. The average molecular weight is 303 g/mol. The number of amides is 1. The molecule has 23 heavy (non-hydrogen) atoms. The summed E-state index contributed by atoms with van der Waals surface area (Å²) in [6.45, 7) is 0. The number of rotatable bonds is 3. The summed E-state index contributed by atoms with van der Waals surface area (Å²) < 4.78 is 5.58. The molecule has 1 aromatic heterocycles. The fourth-order valence-electron chi connectivity index (χ4n) is 2.52. The lowest BCUT2D eigenvalue weighted by Gasteiger charge is -2.06. The minimum atomic E-state index is 0.0278. The number of carbonyl (C=O) groups excluding carboxylic acids is 1. The van der Waals surface area contributed by atoms with Crippen molar-refractivity contribution < 1.29 is 9.53 Å². The van der Waals surface area contributed by atoms with E-state index in [1.54, 1.807) is 12.4 Å². The van der Waals surface area contributed by atoms with E-state index in [2.05, 4.69) is 15.3 Å². The molecule has 0 radical (unpaired) electrons. The normalized spacial score (nSPS) is 12.6. The molecule has 0 bridgehead atoms. The van der Waals surface area contributed by atoms with Crippen molar-refractivity contribution in [3.63, 3.8) is 0 Å². The maximum atomic E-state index is 11.4. The van der Waals surface area contributed by atoms with Gasteiger partial charge in [-0.2, -0.15) is 0 Å². The Balaban J connectivity index is 1.57. The van der Waals surface area contributed by atoms with Crippen molar-refractivity contribution in [2.75, 3.05) is 5.32 Å². The smallest absolute Gasteiger partial charge is 0.321 e. The van der Waals surface area contributed by atoms with Gasteiger partial charge in [0.2, 0.25) is 5.91 Å². The third kappa shape index (κ3) is 2.76. The highest BCUT2D eigenvalue weighted by atomic mass is 16.5. The van der Waals surface area contributed by atoms with E-state index in [0.29, 0.717) is 18.2 Å². The number of aromatic nitrogens is 2. The molecule has 1 amide bonds. The summed E-state index contributed by atoms with van der Waals surface area (Å²) in [7, 11) is 0. The lowest BCUT2D eigenvalue weighted by atomic mass is 10.0. The highest BCUT2D eigenvalue weighted by Gasteiger charge is 2.17. The van der Waals surface area contributed by atoms with Crippen LogP contribution in [0.3, 0.4) is 0 Å². The van der Waals surface area contributed by atoms with E-state index in [1.165, 1.54) is 0 Å². The van der Waals surface area contributed by atoms with Crippen LogP contribution in [0.4, 0.5) is 5.69 Å². The van der Waals surface area contributed by atoms with Crippen LogP contribution < -0.4 is 10.1 Å². The van der Waals surface area contributed by atoms with Crippen molar-refractivity contribution in [2.24, 2.45) is 0 Å². The highest BCUT2D eigenvalue weighted by molar-refractivity contribution is 5.99. The van der Waals surface area contributed by atoms with Crippen LogP contribution in [-0.2, 0) is 11.2 Å². The zero-order chi connectivity index (χ0) is 15.6. The lowest BCUT2D eigenvalue weighted by Crippen LogP contribution is -2.03. The molecule has 0 spiro atoms. The largest absolute Gasteiger partial charge is 0.424 e. The second-order valence-electron chi connectivity index (χ2n) is 5.27. The van der Waals surface area contributed by atoms with Gasteiger partial charge in [0.25, 0.3) is 0 Å². The Bertz CT molecular complexity index is 861. The van der Waals surface area contributed by atoms with Crippen LogP contribution in [0.15, 0.2) is 60.9 Å². The number of para-hydroxylation sites is 1. The Kier molecular flexibility index (Phi) is 3.24. The number of fused-ring (bicyclic) bond motifs is 1. The number of anilines is 1. The average Bonchev–Trinajstić information content (AvgIpc) is 2.95. The molecule has 1 aliphatic rings. The van der Waals surface area contributed by atoms with E-state index in [9.17, 15) is 4.79 Å². The summed E-state index contributed by atoms with van der Waals surface area (Å²) in [4.78, 5) is 19.9. The van der Waals surface area contributed by atoms with Crippen molar-refractivity contribution in [3.8, 4) is 22.9 Å². The Hall–Kier alpha value is -3.21. The molecule has 4 rings (SSSR count). The number of ether oxygens (including phenoxy) is 1. The van der Waals surface area contributed by atoms with Crippen LogP contribution in [-0.4, -0.2) is 15.9 Å². The molecular weight excluding hydrogens is 290 g/mol. The number of carbonyl (C=O) groups is 1. The first-order valence-electron chi connectivity index (χ1n) is 7.26. The molecule has 0 fully saturated rings. The zero-order valence-electron chi connectivity index (χ0n) is 12.2. The molecule has 0 atom stereocenters. The van der Waals surface area contributed by atoms with Gasteiger partial charge < -0.3 is 10.1 Å². The first-order valence-corrected chi connectivity index (χ1v) is 7.26. The number of hydrogen-bond acceptors (Lipinski definition) is 4. The van der Waals surface area contributed by atoms with Crippen LogP contribution in [0.2, 0.25) is 0 Å². The molecule has 1 N–H and O–H groups in total. The van der Waals surface area contributed by atoms with E-state index >= 15 is 0 Å². The quantitative estimate of drug-likeness (QED) is 0.805. The van der Waals surface area contributed by atoms with Crippen LogP contribution >= 0.6 is 0 Å². The van der Waals surface area contributed by atoms with Crippen molar-refractivity contribution in [1.82, 2.24) is 9.97 Å². The molecule has 1 aliphatic heterocycles. The van der Waals surface area contributed by atoms with Gasteiger partial charge in [-0.1, -0.05) is 24.3 Å². The van der Waals surface area contributed by atoms with Gasteiger partial charge in [0.1, 0.15) is 5.75 Å². The fraction of sp³-hybridized carbons (Fsp3) is 0.0556. The summed E-state index contributed by atoms with van der Waals surface area (Å²) in [5.41, 5.74) is 3.74. The topological polar surface area (TPSA) is 64.1 Å². The first-order chi connectivity index (χ1) is 11.3. The molecule has 5 heteroatoms. The van der Waals surface area contributed by atoms with Crippen LogP contribution in [0.1, 0.15) is 5.56 Å². The third-order valence-electron chi connectivity index (χ3n) is 3.64. The summed E-state index contributed by atoms with van der Waals surface area (Å²) in [6, 6.07) is 15.5. The molecule has 3 aromatic rings. The molecule has 2 heterocycles. The highest BCUT2D eigenvalue weighted by Crippen LogP contribution is 2.29. The number of hydrogen-bond donors (Lipinski definition) is 1. The van der Waals surface area contributed by atoms with Gasteiger partial charge in [-0.3, -0.25) is 4.79 Å². The Morgan fingerprint density at radius 1 is 0.957 bits per heavy atom. The summed E-state index contributed by atoms with van der Waals surface area (Å²) in [6.07, 6.45) is 3.85. The molecule has 0 saturated carbocycles. The SMILES string of the molecule is O=C1Cc2cc(-c3cnc(Oc4ccccc4)nc3)ccc2N1. The maximum absolute atomic E-state index is 11.4.